The fraction of sp³-hybridized carbons (Fsp3) is 0.200. The van der Waals surface area contributed by atoms with Gasteiger partial charge in [0.1, 0.15) is 5.75 Å². The average Bonchev–Trinajstić information content (AvgIpc) is 2.80. The molecule has 0 saturated carbocycles. The van der Waals surface area contributed by atoms with Gasteiger partial charge in [-0.2, -0.15) is 0 Å². The Morgan fingerprint density at radius 1 is 0.903 bits per heavy atom. The van der Waals surface area contributed by atoms with E-state index in [0.717, 1.165) is 5.56 Å². The molecule has 1 atom stereocenters. The third-order valence-electron chi connectivity index (χ3n) is 4.51. The minimum Gasteiger partial charge on any atom is -0.492 e. The van der Waals surface area contributed by atoms with Crippen molar-refractivity contribution in [2.45, 2.75) is 19.6 Å². The number of rotatable bonds is 9. The Hall–Kier alpha value is -3.64. The van der Waals surface area contributed by atoms with E-state index in [-0.39, 0.29) is 0 Å². The van der Waals surface area contributed by atoms with Gasteiger partial charge in [-0.3, -0.25) is 4.79 Å². The lowest BCUT2D eigenvalue weighted by atomic mass is 10.1. The lowest BCUT2D eigenvalue weighted by Crippen LogP contribution is -2.26. The Morgan fingerprint density at radius 2 is 1.58 bits per heavy atom. The van der Waals surface area contributed by atoms with Crippen molar-refractivity contribution in [3.8, 4) is 5.75 Å². The number of nitrogens with one attached hydrogen (secondary N) is 1. The van der Waals surface area contributed by atoms with E-state index in [1.807, 2.05) is 19.1 Å². The summed E-state index contributed by atoms with van der Waals surface area (Å²) in [6.07, 6.45) is -1.12. The largest absolute Gasteiger partial charge is 0.492 e. The molecule has 0 saturated heterocycles. The lowest BCUT2D eigenvalue weighted by molar-refractivity contribution is -0.125. The summed E-state index contributed by atoms with van der Waals surface area (Å²) in [5.41, 5.74) is 2.36. The Labute approximate surface area is 181 Å². The van der Waals surface area contributed by atoms with Gasteiger partial charge in [0.2, 0.25) is 6.10 Å². The van der Waals surface area contributed by atoms with E-state index in [0.29, 0.717) is 35.8 Å². The number of esters is 1. The Morgan fingerprint density at radius 3 is 2.26 bits per heavy atom. The van der Waals surface area contributed by atoms with Crippen molar-refractivity contribution in [2.24, 2.45) is 0 Å². The molecular weight excluding hydrogens is 394 g/mol. The van der Waals surface area contributed by atoms with Crippen molar-refractivity contribution in [1.82, 2.24) is 0 Å². The zero-order valence-corrected chi connectivity index (χ0v) is 17.5. The smallest absolute Gasteiger partial charge is 0.339 e. The first-order chi connectivity index (χ1) is 15.1. The highest BCUT2D eigenvalue weighted by Gasteiger charge is 2.26. The number of para-hydroxylation sites is 2. The van der Waals surface area contributed by atoms with Gasteiger partial charge in [0.15, 0.2) is 0 Å². The third kappa shape index (κ3) is 5.93. The van der Waals surface area contributed by atoms with E-state index in [9.17, 15) is 9.59 Å². The van der Waals surface area contributed by atoms with Crippen LogP contribution >= 0.6 is 0 Å². The van der Waals surface area contributed by atoms with Crippen LogP contribution in [0.25, 0.3) is 0 Å². The molecule has 0 spiro atoms. The molecule has 6 nitrogen and oxygen atoms in total. The fourth-order valence-electron chi connectivity index (χ4n) is 3.03. The maximum atomic E-state index is 13.1. The summed E-state index contributed by atoms with van der Waals surface area (Å²) >= 11 is 0. The van der Waals surface area contributed by atoms with Gasteiger partial charge in [-0.1, -0.05) is 54.6 Å². The van der Waals surface area contributed by atoms with Crippen molar-refractivity contribution in [2.75, 3.05) is 19.0 Å². The van der Waals surface area contributed by atoms with E-state index >= 15 is 0 Å². The summed E-state index contributed by atoms with van der Waals surface area (Å²) in [5, 5.41) is 2.82. The van der Waals surface area contributed by atoms with Gasteiger partial charge in [-0.15, -0.1) is 0 Å². The quantitative estimate of drug-likeness (QED) is 0.506. The SMILES string of the molecule is CCOc1ccccc1NC(=O)[C@H](OC(=O)c1ccc(COC)cc1)c1ccccc1. The van der Waals surface area contributed by atoms with Crippen LogP contribution in [0, 0.1) is 0 Å². The number of methoxy groups -OCH3 is 1. The van der Waals surface area contributed by atoms with Crippen LogP contribution < -0.4 is 10.1 Å². The van der Waals surface area contributed by atoms with Crippen molar-refractivity contribution in [3.05, 3.63) is 95.6 Å². The summed E-state index contributed by atoms with van der Waals surface area (Å²) < 4.78 is 16.3. The molecule has 31 heavy (non-hydrogen) atoms. The topological polar surface area (TPSA) is 73.9 Å². The molecule has 0 aliphatic rings. The highest BCUT2D eigenvalue weighted by molar-refractivity contribution is 5.99. The maximum Gasteiger partial charge on any atom is 0.339 e. The zero-order chi connectivity index (χ0) is 22.1. The van der Waals surface area contributed by atoms with Gasteiger partial charge in [0.25, 0.3) is 5.91 Å². The highest BCUT2D eigenvalue weighted by atomic mass is 16.5. The molecule has 3 aromatic carbocycles. The second-order valence-electron chi connectivity index (χ2n) is 6.74. The standard InChI is InChI=1S/C25H25NO5/c1-3-30-22-12-8-7-11-21(22)26-24(27)23(19-9-5-4-6-10-19)31-25(28)20-15-13-18(14-16-20)17-29-2/h4-16,23H,3,17H2,1-2H3,(H,26,27)/t23-/m1/s1. The average molecular weight is 419 g/mol. The van der Waals surface area contributed by atoms with Crippen LogP contribution in [0.15, 0.2) is 78.9 Å². The number of ether oxygens (including phenoxy) is 3. The molecule has 0 heterocycles. The molecular formula is C25H25NO5. The van der Waals surface area contributed by atoms with Crippen molar-refractivity contribution >= 4 is 17.6 Å². The monoisotopic (exact) mass is 419 g/mol. The van der Waals surface area contributed by atoms with Gasteiger partial charge in [-0.25, -0.2) is 4.79 Å². The van der Waals surface area contributed by atoms with Gasteiger partial charge >= 0.3 is 5.97 Å². The summed E-state index contributed by atoms with van der Waals surface area (Å²) in [5.74, 6) is -0.515. The first-order valence-electron chi connectivity index (χ1n) is 9.99. The minimum atomic E-state index is -1.12. The molecule has 160 valence electrons. The molecule has 0 unspecified atom stereocenters. The molecule has 0 fully saturated rings. The van der Waals surface area contributed by atoms with Crippen molar-refractivity contribution in [3.63, 3.8) is 0 Å². The summed E-state index contributed by atoms with van der Waals surface area (Å²) in [7, 11) is 1.61. The molecule has 6 heteroatoms. The Balaban J connectivity index is 1.82. The summed E-state index contributed by atoms with van der Waals surface area (Å²) in [6, 6.07) is 22.9. The van der Waals surface area contributed by atoms with Crippen molar-refractivity contribution < 1.29 is 23.8 Å². The number of carbonyl (C=O) groups excluding carboxylic acids is 2. The van der Waals surface area contributed by atoms with E-state index in [1.165, 1.54) is 0 Å². The van der Waals surface area contributed by atoms with E-state index < -0.39 is 18.0 Å². The molecule has 0 aromatic heterocycles. The van der Waals surface area contributed by atoms with Crippen molar-refractivity contribution in [1.29, 1.82) is 0 Å². The fourth-order valence-corrected chi connectivity index (χ4v) is 3.03. The number of benzene rings is 3. The number of anilines is 1. The van der Waals surface area contributed by atoms with Crippen LogP contribution in [0.5, 0.6) is 5.75 Å². The van der Waals surface area contributed by atoms with Crippen LogP contribution in [0.2, 0.25) is 0 Å². The second kappa shape index (κ2) is 10.9. The normalized spacial score (nSPS) is 11.4. The third-order valence-corrected chi connectivity index (χ3v) is 4.51. The number of amides is 1. The van der Waals surface area contributed by atoms with E-state index in [1.54, 1.807) is 73.8 Å². The van der Waals surface area contributed by atoms with Crippen LogP contribution in [-0.4, -0.2) is 25.6 Å². The first-order valence-corrected chi connectivity index (χ1v) is 9.99. The lowest BCUT2D eigenvalue weighted by Gasteiger charge is -2.19. The summed E-state index contributed by atoms with van der Waals surface area (Å²) in [6.45, 7) is 2.78. The molecule has 0 radical (unpaired) electrons. The zero-order valence-electron chi connectivity index (χ0n) is 17.5. The van der Waals surface area contributed by atoms with E-state index in [4.69, 9.17) is 14.2 Å². The van der Waals surface area contributed by atoms with Gasteiger partial charge in [-0.05, 0) is 36.8 Å². The summed E-state index contributed by atoms with van der Waals surface area (Å²) in [4.78, 5) is 25.9. The number of hydrogen-bond donors (Lipinski definition) is 1. The maximum absolute atomic E-state index is 13.1. The van der Waals surface area contributed by atoms with Crippen LogP contribution in [-0.2, 0) is 20.9 Å². The van der Waals surface area contributed by atoms with E-state index in [2.05, 4.69) is 5.32 Å². The molecule has 3 rings (SSSR count). The van der Waals surface area contributed by atoms with Crippen LogP contribution in [0.4, 0.5) is 5.69 Å². The molecule has 1 N–H and O–H groups in total. The van der Waals surface area contributed by atoms with Crippen LogP contribution in [0.3, 0.4) is 0 Å². The number of hydrogen-bond acceptors (Lipinski definition) is 5. The molecule has 0 aliphatic carbocycles. The Bertz CT molecular complexity index is 1000. The first kappa shape index (κ1) is 22.1. The van der Waals surface area contributed by atoms with Gasteiger partial charge in [0.05, 0.1) is 24.5 Å². The second-order valence-corrected chi connectivity index (χ2v) is 6.74. The molecule has 1 amide bonds. The predicted octanol–water partition coefficient (Wildman–Crippen LogP) is 4.77. The van der Waals surface area contributed by atoms with Crippen LogP contribution in [0.1, 0.15) is 34.5 Å². The molecule has 0 aliphatic heterocycles. The molecule has 3 aromatic rings. The van der Waals surface area contributed by atoms with Gasteiger partial charge < -0.3 is 19.5 Å². The minimum absolute atomic E-state index is 0.350. The van der Waals surface area contributed by atoms with Gasteiger partial charge in [0, 0.05) is 12.7 Å². The Kier molecular flexibility index (Phi) is 7.79. The highest BCUT2D eigenvalue weighted by Crippen LogP contribution is 2.27. The molecule has 0 bridgehead atoms. The predicted molar refractivity (Wildman–Crippen MR) is 118 cm³/mol. The number of carbonyl (C=O) groups is 2.